The van der Waals surface area contributed by atoms with Crippen molar-refractivity contribution in [3.05, 3.63) is 57.8 Å². The minimum Gasteiger partial charge on any atom is -0.507 e. The summed E-state index contributed by atoms with van der Waals surface area (Å²) in [4.78, 5) is 13.5. The molecular formula is C27H32O6. The van der Waals surface area contributed by atoms with Crippen molar-refractivity contribution >= 4 is 21.9 Å². The molecule has 2 aromatic carbocycles. The topological polar surface area (TPSA) is 111 Å². The molecule has 0 aliphatic carbocycles. The van der Waals surface area contributed by atoms with E-state index in [0.29, 0.717) is 0 Å². The Balaban J connectivity index is 2.15. The molecule has 176 valence electrons. The zero-order valence-electron chi connectivity index (χ0n) is 19.2. The van der Waals surface area contributed by atoms with Crippen LogP contribution in [0.15, 0.2) is 45.6 Å². The average Bonchev–Trinajstić information content (AvgIpc) is 2.77. The number of aromatic hydroxyl groups is 4. The second-order valence-corrected chi connectivity index (χ2v) is 8.26. The standard InChI is InChI=1S/C27H32O6/c1-3-5-7-9-11-13-17-19(28)15-22-24(26(17)31)27(32)23-18(14-12-10-8-6-4-2)25(30)20(29)16-21(23)33-22/h9-12,15-16,28-31H,3-8,13-14H2,1-2H3/b11-9?,12-10+. The number of allylic oxidation sites excluding steroid dienone is 4. The predicted octanol–water partition coefficient (Wildman–Crippen LogP) is 6.35. The highest BCUT2D eigenvalue weighted by Crippen LogP contribution is 2.40. The lowest BCUT2D eigenvalue weighted by Crippen LogP contribution is -2.07. The van der Waals surface area contributed by atoms with Crippen LogP contribution in [-0.4, -0.2) is 20.4 Å². The molecule has 0 spiro atoms. The van der Waals surface area contributed by atoms with Gasteiger partial charge in [-0.2, -0.15) is 0 Å². The van der Waals surface area contributed by atoms with Crippen LogP contribution < -0.4 is 5.43 Å². The third-order valence-corrected chi connectivity index (χ3v) is 5.79. The van der Waals surface area contributed by atoms with Crippen LogP contribution in [0.4, 0.5) is 0 Å². The van der Waals surface area contributed by atoms with Gasteiger partial charge in [0.15, 0.2) is 11.5 Å². The molecular weight excluding hydrogens is 420 g/mol. The van der Waals surface area contributed by atoms with Gasteiger partial charge in [-0.25, -0.2) is 0 Å². The molecule has 33 heavy (non-hydrogen) atoms. The molecule has 0 saturated heterocycles. The number of fused-ring (bicyclic) bond motifs is 2. The molecule has 1 aromatic heterocycles. The van der Waals surface area contributed by atoms with Gasteiger partial charge in [0.25, 0.3) is 0 Å². The van der Waals surface area contributed by atoms with E-state index in [0.717, 1.165) is 38.5 Å². The van der Waals surface area contributed by atoms with E-state index in [1.54, 1.807) is 0 Å². The largest absolute Gasteiger partial charge is 0.507 e. The monoisotopic (exact) mass is 452 g/mol. The maximum absolute atomic E-state index is 13.5. The Bertz CT molecular complexity index is 1250. The second-order valence-electron chi connectivity index (χ2n) is 8.26. The van der Waals surface area contributed by atoms with Crippen LogP contribution in [0.2, 0.25) is 0 Å². The van der Waals surface area contributed by atoms with Crippen LogP contribution in [-0.2, 0) is 12.8 Å². The SMILES string of the molecule is CCCCC=CCc1c(O)cc2oc3cc(O)c(O)c(C/C=C/CCCC)c3c(=O)c2c1O. The van der Waals surface area contributed by atoms with Gasteiger partial charge in [-0.15, -0.1) is 0 Å². The van der Waals surface area contributed by atoms with Gasteiger partial charge < -0.3 is 24.8 Å². The highest BCUT2D eigenvalue weighted by molar-refractivity contribution is 5.97. The summed E-state index contributed by atoms with van der Waals surface area (Å²) in [6, 6.07) is 2.48. The first-order chi connectivity index (χ1) is 15.9. The van der Waals surface area contributed by atoms with E-state index in [4.69, 9.17) is 4.42 Å². The summed E-state index contributed by atoms with van der Waals surface area (Å²) in [6.07, 6.45) is 14.1. The first-order valence-corrected chi connectivity index (χ1v) is 11.6. The summed E-state index contributed by atoms with van der Waals surface area (Å²) in [5.41, 5.74) is 0.0431. The maximum atomic E-state index is 13.5. The summed E-state index contributed by atoms with van der Waals surface area (Å²) >= 11 is 0. The van der Waals surface area contributed by atoms with Gasteiger partial charge in [0.1, 0.15) is 28.1 Å². The molecule has 3 aromatic rings. The number of phenols is 4. The highest BCUT2D eigenvalue weighted by atomic mass is 16.3. The van der Waals surface area contributed by atoms with Gasteiger partial charge in [0.2, 0.25) is 5.43 Å². The lowest BCUT2D eigenvalue weighted by atomic mass is 9.99. The average molecular weight is 453 g/mol. The van der Waals surface area contributed by atoms with Crippen LogP contribution >= 0.6 is 0 Å². The van der Waals surface area contributed by atoms with Gasteiger partial charge >= 0.3 is 0 Å². The lowest BCUT2D eigenvalue weighted by Gasteiger charge is -2.12. The Hall–Kier alpha value is -3.41. The molecule has 1 heterocycles. The Morgan fingerprint density at radius 3 is 1.88 bits per heavy atom. The fourth-order valence-corrected chi connectivity index (χ4v) is 3.91. The van der Waals surface area contributed by atoms with E-state index in [9.17, 15) is 25.2 Å². The number of unbranched alkanes of at least 4 members (excludes halogenated alkanes) is 4. The normalized spacial score (nSPS) is 12.1. The van der Waals surface area contributed by atoms with E-state index < -0.39 is 11.2 Å². The Kier molecular flexibility index (Phi) is 8.04. The Labute approximate surface area is 193 Å². The van der Waals surface area contributed by atoms with Crippen molar-refractivity contribution in [2.75, 3.05) is 0 Å². The first kappa shape index (κ1) is 24.2. The van der Waals surface area contributed by atoms with Crippen molar-refractivity contribution in [3.63, 3.8) is 0 Å². The van der Waals surface area contributed by atoms with Crippen molar-refractivity contribution in [2.24, 2.45) is 0 Å². The minimum atomic E-state index is -0.521. The van der Waals surface area contributed by atoms with Crippen LogP contribution in [0.1, 0.15) is 63.5 Å². The zero-order chi connectivity index (χ0) is 24.0. The maximum Gasteiger partial charge on any atom is 0.204 e. The number of hydrogen-bond donors (Lipinski definition) is 4. The molecule has 0 bridgehead atoms. The summed E-state index contributed by atoms with van der Waals surface area (Å²) < 4.78 is 5.79. The summed E-state index contributed by atoms with van der Waals surface area (Å²) in [7, 11) is 0. The van der Waals surface area contributed by atoms with E-state index in [1.807, 2.05) is 24.3 Å². The van der Waals surface area contributed by atoms with Crippen LogP contribution in [0.3, 0.4) is 0 Å². The predicted molar refractivity (Wildman–Crippen MR) is 131 cm³/mol. The van der Waals surface area contributed by atoms with Crippen molar-refractivity contribution in [1.29, 1.82) is 0 Å². The van der Waals surface area contributed by atoms with E-state index in [1.165, 1.54) is 12.1 Å². The zero-order valence-corrected chi connectivity index (χ0v) is 19.2. The molecule has 0 aliphatic heterocycles. The summed E-state index contributed by atoms with van der Waals surface area (Å²) in [5, 5.41) is 42.0. The van der Waals surface area contributed by atoms with E-state index >= 15 is 0 Å². The van der Waals surface area contributed by atoms with Crippen molar-refractivity contribution in [2.45, 2.75) is 65.2 Å². The molecule has 0 atom stereocenters. The molecule has 6 nitrogen and oxygen atoms in total. The van der Waals surface area contributed by atoms with Gasteiger partial charge in [0.05, 0.1) is 5.39 Å². The molecule has 4 N–H and O–H groups in total. The van der Waals surface area contributed by atoms with E-state index in [2.05, 4.69) is 13.8 Å². The number of hydrogen-bond acceptors (Lipinski definition) is 6. The van der Waals surface area contributed by atoms with E-state index in [-0.39, 0.29) is 63.2 Å². The van der Waals surface area contributed by atoms with Gasteiger partial charge in [-0.3, -0.25) is 4.79 Å². The minimum absolute atomic E-state index is 0.00994. The number of rotatable bonds is 10. The second kappa shape index (κ2) is 10.9. The lowest BCUT2D eigenvalue weighted by molar-refractivity contribution is 0.400. The molecule has 6 heteroatoms. The van der Waals surface area contributed by atoms with Crippen molar-refractivity contribution < 1.29 is 24.8 Å². The first-order valence-electron chi connectivity index (χ1n) is 11.6. The third kappa shape index (κ3) is 5.16. The molecule has 0 radical (unpaired) electrons. The van der Waals surface area contributed by atoms with Crippen LogP contribution in [0.5, 0.6) is 23.0 Å². The smallest absolute Gasteiger partial charge is 0.204 e. The Morgan fingerprint density at radius 2 is 1.27 bits per heavy atom. The third-order valence-electron chi connectivity index (χ3n) is 5.79. The summed E-state index contributed by atoms with van der Waals surface area (Å²) in [6.45, 7) is 4.20. The van der Waals surface area contributed by atoms with Crippen molar-refractivity contribution in [3.8, 4) is 23.0 Å². The highest BCUT2D eigenvalue weighted by Gasteiger charge is 2.22. The van der Waals surface area contributed by atoms with Gasteiger partial charge in [-0.1, -0.05) is 63.8 Å². The van der Waals surface area contributed by atoms with Crippen molar-refractivity contribution in [1.82, 2.24) is 0 Å². The molecule has 3 rings (SSSR count). The van der Waals surface area contributed by atoms with Gasteiger partial charge in [-0.05, 0) is 25.7 Å². The molecule has 0 amide bonds. The molecule has 0 saturated carbocycles. The van der Waals surface area contributed by atoms with Crippen LogP contribution in [0, 0.1) is 0 Å². The quantitative estimate of drug-likeness (QED) is 0.123. The fraction of sp³-hybridized carbons (Fsp3) is 0.370. The van der Waals surface area contributed by atoms with Gasteiger partial charge in [0, 0.05) is 23.3 Å². The summed E-state index contributed by atoms with van der Waals surface area (Å²) in [5.74, 6) is -1.29. The fourth-order valence-electron chi connectivity index (χ4n) is 3.91. The Morgan fingerprint density at radius 1 is 0.727 bits per heavy atom. The molecule has 0 fully saturated rings. The van der Waals surface area contributed by atoms with Crippen LogP contribution in [0.25, 0.3) is 21.9 Å². The molecule has 0 unspecified atom stereocenters. The molecule has 0 aliphatic rings. The number of benzene rings is 2. The number of phenolic OH excluding ortho intramolecular Hbond substituents is 4.